The number of alkyl halides is 3. The molecule has 0 aliphatic carbocycles. The van der Waals surface area contributed by atoms with Crippen molar-refractivity contribution in [2.75, 3.05) is 0 Å². The second-order valence-corrected chi connectivity index (χ2v) is 11.5. The Morgan fingerprint density at radius 2 is 1.43 bits per heavy atom. The average molecular weight is 663 g/mol. The van der Waals surface area contributed by atoms with Crippen LogP contribution in [-0.4, -0.2) is 29.8 Å². The van der Waals surface area contributed by atoms with Gasteiger partial charge in [-0.2, -0.15) is 13.2 Å². The predicted octanol–water partition coefficient (Wildman–Crippen LogP) is 8.51. The molecule has 1 N–H and O–H groups in total. The lowest BCUT2D eigenvalue weighted by molar-refractivity contribution is -0.177. The average Bonchev–Trinajstić information content (AvgIpc) is 2.93. The van der Waals surface area contributed by atoms with E-state index >= 15 is 0 Å². The van der Waals surface area contributed by atoms with Crippen molar-refractivity contribution in [3.05, 3.63) is 97.9 Å². The minimum absolute atomic E-state index is 0.0279. The van der Waals surface area contributed by atoms with Crippen molar-refractivity contribution >= 4 is 63.9 Å². The van der Waals surface area contributed by atoms with Gasteiger partial charge in [-0.15, -0.1) is 0 Å². The first kappa shape index (κ1) is 33.7. The molecule has 3 aromatic carbocycles. The summed E-state index contributed by atoms with van der Waals surface area (Å²) in [6.07, 6.45) is -7.13. The van der Waals surface area contributed by atoms with Crippen LogP contribution in [0.15, 0.2) is 66.7 Å². The Hall–Kier alpha value is -2.78. The molecule has 0 fully saturated rings. The van der Waals surface area contributed by atoms with Crippen molar-refractivity contribution in [2.24, 2.45) is 11.8 Å². The molecular formula is C30H26Cl4F3NO4. The first-order valence-corrected chi connectivity index (χ1v) is 14.2. The van der Waals surface area contributed by atoms with Gasteiger partial charge >= 0.3 is 6.18 Å². The lowest BCUT2D eigenvalue weighted by atomic mass is 9.84. The zero-order valence-corrected chi connectivity index (χ0v) is 25.4. The Kier molecular flexibility index (Phi) is 11.7. The molecule has 1 amide bonds. The number of amides is 1. The molecule has 1 unspecified atom stereocenters. The van der Waals surface area contributed by atoms with Crippen LogP contribution in [0, 0.1) is 11.8 Å². The molecule has 0 saturated heterocycles. The Morgan fingerprint density at radius 1 is 0.833 bits per heavy atom. The summed E-state index contributed by atoms with van der Waals surface area (Å²) in [5.41, 5.74) is 0.892. The first-order valence-electron chi connectivity index (χ1n) is 12.7. The maximum absolute atomic E-state index is 13.7. The van der Waals surface area contributed by atoms with E-state index in [-0.39, 0.29) is 27.2 Å². The predicted molar refractivity (Wildman–Crippen MR) is 157 cm³/mol. The molecule has 0 saturated carbocycles. The van der Waals surface area contributed by atoms with Gasteiger partial charge in [0.25, 0.3) is 5.91 Å². The van der Waals surface area contributed by atoms with Gasteiger partial charge in [0.1, 0.15) is 11.8 Å². The second-order valence-electron chi connectivity index (χ2n) is 9.87. The molecule has 3 rings (SSSR count). The van der Waals surface area contributed by atoms with Crippen LogP contribution in [0.25, 0.3) is 0 Å². The van der Waals surface area contributed by atoms with Gasteiger partial charge in [-0.25, -0.2) is 0 Å². The van der Waals surface area contributed by atoms with Crippen molar-refractivity contribution in [1.82, 2.24) is 5.32 Å². The highest BCUT2D eigenvalue weighted by molar-refractivity contribution is 6.42. The summed E-state index contributed by atoms with van der Waals surface area (Å²) < 4.78 is 45.8. The van der Waals surface area contributed by atoms with Gasteiger partial charge in [-0.1, -0.05) is 96.6 Å². The summed E-state index contributed by atoms with van der Waals surface area (Å²) in [6.45, 7) is 2.85. The molecule has 0 bridgehead atoms. The summed E-state index contributed by atoms with van der Waals surface area (Å²) in [5, 5.41) is 3.61. The highest BCUT2D eigenvalue weighted by atomic mass is 35.5. The van der Waals surface area contributed by atoms with Crippen molar-refractivity contribution in [3.8, 4) is 5.75 Å². The van der Waals surface area contributed by atoms with E-state index in [1.807, 2.05) is 0 Å². The van der Waals surface area contributed by atoms with Crippen molar-refractivity contribution in [2.45, 2.75) is 45.0 Å². The van der Waals surface area contributed by atoms with Crippen LogP contribution in [0.2, 0.25) is 20.1 Å². The van der Waals surface area contributed by atoms with Gasteiger partial charge in [0.15, 0.2) is 11.9 Å². The molecule has 12 heteroatoms. The number of halogens is 7. The third-order valence-corrected chi connectivity index (χ3v) is 7.93. The molecule has 5 nitrogen and oxygen atoms in total. The smallest absolute Gasteiger partial charge is 0.450 e. The van der Waals surface area contributed by atoms with Crippen LogP contribution in [-0.2, 0) is 20.8 Å². The molecule has 3 aromatic rings. The first-order chi connectivity index (χ1) is 19.7. The fourth-order valence-electron chi connectivity index (χ4n) is 4.19. The van der Waals surface area contributed by atoms with E-state index in [1.54, 1.807) is 48.5 Å². The molecule has 0 spiro atoms. The Bertz CT molecular complexity index is 1380. The SMILES string of the molecule is CC(C)[C@H](CC(=O)[C@@H](NC(=O)C(Cc1ccc(Cl)c(Cl)c1)Oc1ccc(Cl)c(Cl)c1)c1ccccc1)C(=O)C(F)(F)F. The largest absolute Gasteiger partial charge is 0.480 e. The van der Waals surface area contributed by atoms with Crippen LogP contribution in [0.4, 0.5) is 13.2 Å². The molecule has 224 valence electrons. The minimum Gasteiger partial charge on any atom is -0.480 e. The molecule has 0 heterocycles. The Labute approximate surface area is 261 Å². The van der Waals surface area contributed by atoms with Gasteiger partial charge in [0.2, 0.25) is 5.78 Å². The summed E-state index contributed by atoms with van der Waals surface area (Å²) in [5.74, 6) is -5.73. The van der Waals surface area contributed by atoms with E-state index in [4.69, 9.17) is 51.1 Å². The van der Waals surface area contributed by atoms with Crippen LogP contribution >= 0.6 is 46.4 Å². The van der Waals surface area contributed by atoms with Crippen molar-refractivity contribution < 1.29 is 32.3 Å². The number of nitrogens with one attached hydrogen (secondary N) is 1. The lowest BCUT2D eigenvalue weighted by Gasteiger charge is -2.26. The topological polar surface area (TPSA) is 72.5 Å². The number of carbonyl (C=O) groups excluding carboxylic acids is 3. The number of ketones is 2. The molecule has 0 radical (unpaired) electrons. The van der Waals surface area contributed by atoms with E-state index in [0.717, 1.165) is 0 Å². The Morgan fingerprint density at radius 3 is 1.98 bits per heavy atom. The van der Waals surface area contributed by atoms with E-state index in [0.29, 0.717) is 16.1 Å². The van der Waals surface area contributed by atoms with E-state index in [1.165, 1.54) is 32.0 Å². The van der Waals surface area contributed by atoms with Crippen molar-refractivity contribution in [3.63, 3.8) is 0 Å². The molecule has 0 aliphatic rings. The quantitative estimate of drug-likeness (QED) is 0.211. The maximum Gasteiger partial charge on any atom is 0.450 e. The lowest BCUT2D eigenvalue weighted by Crippen LogP contribution is -2.45. The van der Waals surface area contributed by atoms with Gasteiger partial charge < -0.3 is 10.1 Å². The molecular weight excluding hydrogens is 637 g/mol. The maximum atomic E-state index is 13.7. The molecule has 3 atom stereocenters. The zero-order chi connectivity index (χ0) is 31.2. The van der Waals surface area contributed by atoms with Gasteiger partial charge in [0.05, 0.1) is 20.1 Å². The van der Waals surface area contributed by atoms with Gasteiger partial charge in [0, 0.05) is 24.8 Å². The molecule has 0 aliphatic heterocycles. The van der Waals surface area contributed by atoms with Crippen LogP contribution in [0.5, 0.6) is 5.75 Å². The highest BCUT2D eigenvalue weighted by Crippen LogP contribution is 2.31. The number of hydrogen-bond donors (Lipinski definition) is 1. The van der Waals surface area contributed by atoms with Crippen LogP contribution in [0.1, 0.15) is 37.4 Å². The number of hydrogen-bond acceptors (Lipinski definition) is 4. The summed E-state index contributed by atoms with van der Waals surface area (Å²) >= 11 is 24.3. The summed E-state index contributed by atoms with van der Waals surface area (Å²) in [4.78, 5) is 39.3. The monoisotopic (exact) mass is 661 g/mol. The fourth-order valence-corrected chi connectivity index (χ4v) is 4.80. The number of ether oxygens (including phenoxy) is 1. The summed E-state index contributed by atoms with van der Waals surface area (Å²) in [7, 11) is 0. The molecule has 0 aromatic heterocycles. The van der Waals surface area contributed by atoms with Crippen molar-refractivity contribution in [1.29, 1.82) is 0 Å². The summed E-state index contributed by atoms with van der Waals surface area (Å²) in [6, 6.07) is 15.8. The number of carbonyl (C=O) groups is 3. The minimum atomic E-state index is -5.11. The molecule has 42 heavy (non-hydrogen) atoms. The van der Waals surface area contributed by atoms with Gasteiger partial charge in [-0.05, 0) is 41.3 Å². The van der Waals surface area contributed by atoms with E-state index < -0.39 is 54.1 Å². The third-order valence-electron chi connectivity index (χ3n) is 6.45. The number of Topliss-reactive ketones (excluding diaryl/α,β-unsaturated/α-hetero) is 2. The number of benzene rings is 3. The van der Waals surface area contributed by atoms with E-state index in [2.05, 4.69) is 5.32 Å². The van der Waals surface area contributed by atoms with Crippen LogP contribution < -0.4 is 10.1 Å². The fraction of sp³-hybridized carbons (Fsp3) is 0.300. The number of rotatable bonds is 12. The Balaban J connectivity index is 1.95. The standard InChI is InChI=1S/C30H26Cl4F3NO4/c1-16(2)20(28(40)30(35,36)37)15-25(39)27(18-6-4-3-5-7-18)38-29(41)26(13-17-8-10-21(31)23(33)12-17)42-19-9-11-22(32)24(34)14-19/h3-12,14,16,20,26-27H,13,15H2,1-2H3,(H,38,41)/t20-,26?,27-/m0/s1. The normalized spacial score (nSPS) is 13.8. The zero-order valence-electron chi connectivity index (χ0n) is 22.4. The van der Waals surface area contributed by atoms with Gasteiger partial charge in [-0.3, -0.25) is 14.4 Å². The highest BCUT2D eigenvalue weighted by Gasteiger charge is 2.45. The van der Waals surface area contributed by atoms with Crippen LogP contribution in [0.3, 0.4) is 0 Å². The second kappa shape index (κ2) is 14.6. The third kappa shape index (κ3) is 9.11. The van der Waals surface area contributed by atoms with E-state index in [9.17, 15) is 27.6 Å².